The molecule has 1 aromatic heterocycles. The largest absolute Gasteiger partial charge is 0.485 e. The zero-order valence-electron chi connectivity index (χ0n) is 10.0. The summed E-state index contributed by atoms with van der Waals surface area (Å²) < 4.78 is 10.8. The van der Waals surface area contributed by atoms with Crippen LogP contribution >= 0.6 is 0 Å². The van der Waals surface area contributed by atoms with E-state index in [-0.39, 0.29) is 6.04 Å². The van der Waals surface area contributed by atoms with Crippen LogP contribution in [0.15, 0.2) is 34.9 Å². The molecule has 2 aromatic rings. The summed E-state index contributed by atoms with van der Waals surface area (Å²) in [5.41, 5.74) is 7.71. The van der Waals surface area contributed by atoms with Gasteiger partial charge in [-0.15, -0.1) is 0 Å². The fraction of sp³-hybridized carbons (Fsp3) is 0.308. The lowest BCUT2D eigenvalue weighted by Gasteiger charge is -2.12. The molecule has 4 heteroatoms. The minimum Gasteiger partial charge on any atom is -0.485 e. The Hall–Kier alpha value is -1.81. The number of rotatable bonds is 4. The van der Waals surface area contributed by atoms with Crippen molar-refractivity contribution < 1.29 is 9.26 Å². The molecular formula is C13H16N2O2. The summed E-state index contributed by atoms with van der Waals surface area (Å²) in [5.74, 6) is 1.50. The van der Waals surface area contributed by atoms with Gasteiger partial charge in [0.2, 0.25) is 0 Å². The predicted octanol–water partition coefficient (Wildman–Crippen LogP) is 2.58. The summed E-state index contributed by atoms with van der Waals surface area (Å²) in [6.07, 6.45) is 0. The molecule has 0 spiro atoms. The molecule has 0 unspecified atom stereocenters. The van der Waals surface area contributed by atoms with E-state index in [1.807, 2.05) is 44.2 Å². The Balaban J connectivity index is 2.08. The molecular weight excluding hydrogens is 216 g/mol. The van der Waals surface area contributed by atoms with E-state index in [0.29, 0.717) is 12.4 Å². The summed E-state index contributed by atoms with van der Waals surface area (Å²) in [7, 11) is 0. The van der Waals surface area contributed by atoms with Crippen LogP contribution in [-0.2, 0) is 6.61 Å². The Morgan fingerprint density at radius 3 is 2.82 bits per heavy atom. The van der Waals surface area contributed by atoms with Gasteiger partial charge < -0.3 is 15.0 Å². The number of para-hydroxylation sites is 1. The Labute approximate surface area is 100 Å². The number of nitrogens with two attached hydrogens (primary N) is 1. The third-order valence-electron chi connectivity index (χ3n) is 2.46. The maximum absolute atomic E-state index is 5.87. The van der Waals surface area contributed by atoms with Gasteiger partial charge in [-0.3, -0.25) is 0 Å². The van der Waals surface area contributed by atoms with Gasteiger partial charge in [0, 0.05) is 17.7 Å². The van der Waals surface area contributed by atoms with Gasteiger partial charge in [-0.1, -0.05) is 23.4 Å². The predicted molar refractivity (Wildman–Crippen MR) is 64.6 cm³/mol. The van der Waals surface area contributed by atoms with Crippen LogP contribution in [0.1, 0.15) is 30.0 Å². The molecule has 0 amide bonds. The smallest absolute Gasteiger partial charge is 0.174 e. The molecule has 1 heterocycles. The Kier molecular flexibility index (Phi) is 3.44. The highest BCUT2D eigenvalue weighted by molar-refractivity contribution is 5.35. The summed E-state index contributed by atoms with van der Waals surface area (Å²) >= 11 is 0. The van der Waals surface area contributed by atoms with Crippen LogP contribution in [0.2, 0.25) is 0 Å². The van der Waals surface area contributed by atoms with Gasteiger partial charge in [0.15, 0.2) is 5.76 Å². The second kappa shape index (κ2) is 5.01. The first-order valence-electron chi connectivity index (χ1n) is 5.56. The van der Waals surface area contributed by atoms with Crippen LogP contribution < -0.4 is 10.5 Å². The van der Waals surface area contributed by atoms with Gasteiger partial charge in [-0.05, 0) is 19.9 Å². The van der Waals surface area contributed by atoms with Crippen molar-refractivity contribution in [2.75, 3.05) is 0 Å². The van der Waals surface area contributed by atoms with Gasteiger partial charge >= 0.3 is 0 Å². The van der Waals surface area contributed by atoms with Crippen LogP contribution in [0.5, 0.6) is 5.75 Å². The minimum absolute atomic E-state index is 0.0531. The van der Waals surface area contributed by atoms with Crippen molar-refractivity contribution in [1.29, 1.82) is 0 Å². The van der Waals surface area contributed by atoms with Crippen LogP contribution in [0, 0.1) is 6.92 Å². The number of hydrogen-bond donors (Lipinski definition) is 1. The molecule has 0 aliphatic carbocycles. The molecule has 2 N–H and O–H groups in total. The van der Waals surface area contributed by atoms with Gasteiger partial charge in [-0.25, -0.2) is 0 Å². The van der Waals surface area contributed by atoms with E-state index in [2.05, 4.69) is 5.16 Å². The van der Waals surface area contributed by atoms with Crippen molar-refractivity contribution in [3.05, 3.63) is 47.3 Å². The lowest BCUT2D eigenvalue weighted by Crippen LogP contribution is -2.07. The van der Waals surface area contributed by atoms with Gasteiger partial charge in [-0.2, -0.15) is 0 Å². The molecule has 2 rings (SSSR count). The molecule has 0 aliphatic heterocycles. The third kappa shape index (κ3) is 2.85. The fourth-order valence-electron chi connectivity index (χ4n) is 1.62. The molecule has 0 aliphatic rings. The third-order valence-corrected chi connectivity index (χ3v) is 2.46. The maximum Gasteiger partial charge on any atom is 0.174 e. The molecule has 0 bridgehead atoms. The molecule has 4 nitrogen and oxygen atoms in total. The normalized spacial score (nSPS) is 12.4. The van der Waals surface area contributed by atoms with Crippen LogP contribution in [-0.4, -0.2) is 5.16 Å². The number of ether oxygens (including phenoxy) is 1. The minimum atomic E-state index is -0.0531. The van der Waals surface area contributed by atoms with Crippen molar-refractivity contribution in [3.8, 4) is 5.75 Å². The van der Waals surface area contributed by atoms with E-state index >= 15 is 0 Å². The summed E-state index contributed by atoms with van der Waals surface area (Å²) in [6.45, 7) is 4.17. The highest BCUT2D eigenvalue weighted by atomic mass is 16.5. The quantitative estimate of drug-likeness (QED) is 0.880. The van der Waals surface area contributed by atoms with E-state index in [9.17, 15) is 0 Å². The summed E-state index contributed by atoms with van der Waals surface area (Å²) in [6, 6.07) is 9.54. The highest BCUT2D eigenvalue weighted by Gasteiger charge is 2.08. The van der Waals surface area contributed by atoms with Gasteiger partial charge in [0.05, 0.1) is 5.69 Å². The standard InChI is InChI=1S/C13H16N2O2/c1-9-7-11(17-15-9)8-16-13-6-4-3-5-12(13)10(2)14/h3-7,10H,8,14H2,1-2H3/t10-/m1/s1. The molecule has 1 aromatic carbocycles. The highest BCUT2D eigenvalue weighted by Crippen LogP contribution is 2.24. The average molecular weight is 232 g/mol. The van der Waals surface area contributed by atoms with Crippen LogP contribution in [0.4, 0.5) is 0 Å². The Bertz CT molecular complexity index is 492. The first-order valence-corrected chi connectivity index (χ1v) is 5.56. The number of benzene rings is 1. The monoisotopic (exact) mass is 232 g/mol. The fourth-order valence-corrected chi connectivity index (χ4v) is 1.62. The van der Waals surface area contributed by atoms with Crippen molar-refractivity contribution in [2.45, 2.75) is 26.5 Å². The summed E-state index contributed by atoms with van der Waals surface area (Å²) in [5, 5.41) is 3.81. The first kappa shape index (κ1) is 11.7. The van der Waals surface area contributed by atoms with Gasteiger partial charge in [0.1, 0.15) is 12.4 Å². The number of hydrogen-bond acceptors (Lipinski definition) is 4. The molecule has 90 valence electrons. The number of nitrogens with zero attached hydrogens (tertiary/aromatic N) is 1. The van der Waals surface area contributed by atoms with Gasteiger partial charge in [0.25, 0.3) is 0 Å². The van der Waals surface area contributed by atoms with E-state index in [1.165, 1.54) is 0 Å². The second-order valence-electron chi connectivity index (χ2n) is 4.05. The van der Waals surface area contributed by atoms with E-state index in [4.69, 9.17) is 15.0 Å². The molecule has 0 radical (unpaired) electrons. The molecule has 17 heavy (non-hydrogen) atoms. The maximum atomic E-state index is 5.87. The Morgan fingerprint density at radius 1 is 1.41 bits per heavy atom. The van der Waals surface area contributed by atoms with Crippen molar-refractivity contribution in [3.63, 3.8) is 0 Å². The Morgan fingerprint density at radius 2 is 2.18 bits per heavy atom. The first-order chi connectivity index (χ1) is 8.16. The lowest BCUT2D eigenvalue weighted by atomic mass is 10.1. The number of aromatic nitrogens is 1. The molecule has 0 saturated carbocycles. The molecule has 0 saturated heterocycles. The lowest BCUT2D eigenvalue weighted by molar-refractivity contribution is 0.246. The average Bonchev–Trinajstić information content (AvgIpc) is 2.73. The van der Waals surface area contributed by atoms with Crippen molar-refractivity contribution in [1.82, 2.24) is 5.16 Å². The topological polar surface area (TPSA) is 61.3 Å². The molecule has 0 fully saturated rings. The van der Waals surface area contributed by atoms with E-state index < -0.39 is 0 Å². The van der Waals surface area contributed by atoms with Crippen LogP contribution in [0.3, 0.4) is 0 Å². The van der Waals surface area contributed by atoms with E-state index in [0.717, 1.165) is 17.0 Å². The van der Waals surface area contributed by atoms with Crippen molar-refractivity contribution in [2.24, 2.45) is 5.73 Å². The van der Waals surface area contributed by atoms with Crippen LogP contribution in [0.25, 0.3) is 0 Å². The second-order valence-corrected chi connectivity index (χ2v) is 4.05. The zero-order valence-corrected chi connectivity index (χ0v) is 10.0. The van der Waals surface area contributed by atoms with E-state index in [1.54, 1.807) is 0 Å². The number of aryl methyl sites for hydroxylation is 1. The zero-order chi connectivity index (χ0) is 12.3. The van der Waals surface area contributed by atoms with Crippen molar-refractivity contribution >= 4 is 0 Å². The molecule has 1 atom stereocenters. The SMILES string of the molecule is Cc1cc(COc2ccccc2[C@@H](C)N)on1. The summed E-state index contributed by atoms with van der Waals surface area (Å²) in [4.78, 5) is 0.